The maximum absolute atomic E-state index is 13.5. The maximum atomic E-state index is 13.5. The number of benzene rings is 2. The van der Waals surface area contributed by atoms with Crippen LogP contribution in [0.5, 0.6) is 0 Å². The number of carbonyl (C=O) groups excluding carboxylic acids is 3. The molecule has 31 heavy (non-hydrogen) atoms. The maximum Gasteiger partial charge on any atom is 0.313 e. The average molecular weight is 431 g/mol. The van der Waals surface area contributed by atoms with E-state index in [1.807, 2.05) is 30.3 Å². The Kier molecular flexibility index (Phi) is 7.66. The smallest absolute Gasteiger partial charge is 0.313 e. The van der Waals surface area contributed by atoms with E-state index in [1.54, 1.807) is 4.90 Å². The number of ether oxygens (including phenoxy) is 1. The molecule has 0 aromatic heterocycles. The van der Waals surface area contributed by atoms with E-state index in [0.717, 1.165) is 17.7 Å². The summed E-state index contributed by atoms with van der Waals surface area (Å²) >= 11 is 0. The zero-order chi connectivity index (χ0) is 22.2. The molecule has 0 spiro atoms. The minimum atomic E-state index is -1.07. The van der Waals surface area contributed by atoms with E-state index in [0.29, 0.717) is 32.2 Å². The minimum Gasteiger partial charge on any atom is -0.370 e. The van der Waals surface area contributed by atoms with Crippen LogP contribution in [-0.4, -0.2) is 48.9 Å². The monoisotopic (exact) mass is 431 g/mol. The van der Waals surface area contributed by atoms with Crippen LogP contribution in [0.1, 0.15) is 24.5 Å². The Balaban J connectivity index is 1.39. The Labute approximate surface area is 178 Å². The van der Waals surface area contributed by atoms with Crippen molar-refractivity contribution in [1.29, 1.82) is 0 Å². The normalized spacial score (nSPS) is 15.9. The summed E-state index contributed by atoms with van der Waals surface area (Å²) in [7, 11) is 0. The first-order chi connectivity index (χ1) is 14.9. The molecule has 1 fully saturated rings. The Bertz CT molecular complexity index is 940. The first-order valence-electron chi connectivity index (χ1n) is 9.92. The van der Waals surface area contributed by atoms with Crippen molar-refractivity contribution in [2.75, 3.05) is 31.6 Å². The largest absolute Gasteiger partial charge is 0.370 e. The molecule has 3 amide bonds. The van der Waals surface area contributed by atoms with E-state index in [4.69, 9.17) is 4.74 Å². The fourth-order valence-electron chi connectivity index (χ4n) is 3.20. The Morgan fingerprint density at radius 1 is 1.06 bits per heavy atom. The van der Waals surface area contributed by atoms with Gasteiger partial charge in [-0.2, -0.15) is 0 Å². The summed E-state index contributed by atoms with van der Waals surface area (Å²) in [5.41, 5.74) is 0.716. The second-order valence-corrected chi connectivity index (χ2v) is 7.05. The number of hydrogen-bond acceptors (Lipinski definition) is 4. The number of nitrogens with zero attached hydrogens (tertiary/aromatic N) is 1. The Hall–Kier alpha value is -3.33. The van der Waals surface area contributed by atoms with E-state index >= 15 is 0 Å². The Morgan fingerprint density at radius 3 is 2.58 bits per heavy atom. The average Bonchev–Trinajstić information content (AvgIpc) is 2.79. The van der Waals surface area contributed by atoms with Crippen LogP contribution < -0.4 is 10.6 Å². The fraction of sp³-hybridized carbons (Fsp3) is 0.318. The van der Waals surface area contributed by atoms with Gasteiger partial charge in [-0.05, 0) is 24.1 Å². The molecule has 1 unspecified atom stereocenters. The molecule has 164 valence electrons. The number of nitrogens with one attached hydrogen (secondary N) is 2. The fourth-order valence-corrected chi connectivity index (χ4v) is 3.20. The number of morpholine rings is 1. The van der Waals surface area contributed by atoms with Gasteiger partial charge in [0.2, 0.25) is 5.91 Å². The van der Waals surface area contributed by atoms with Crippen LogP contribution in [0.15, 0.2) is 48.5 Å². The van der Waals surface area contributed by atoms with Crippen molar-refractivity contribution >= 4 is 23.4 Å². The van der Waals surface area contributed by atoms with E-state index in [2.05, 4.69) is 10.6 Å². The molecule has 0 saturated carbocycles. The van der Waals surface area contributed by atoms with Gasteiger partial charge in [0.1, 0.15) is 17.7 Å². The van der Waals surface area contributed by atoms with Gasteiger partial charge in [-0.15, -0.1) is 0 Å². The highest BCUT2D eigenvalue weighted by Crippen LogP contribution is 2.22. The van der Waals surface area contributed by atoms with Crippen LogP contribution in [0, 0.1) is 11.6 Å². The highest BCUT2D eigenvalue weighted by atomic mass is 19.1. The number of rotatable bonds is 6. The second-order valence-electron chi connectivity index (χ2n) is 7.05. The molecular formula is C22H23F2N3O4. The lowest BCUT2D eigenvalue weighted by Gasteiger charge is -2.33. The summed E-state index contributed by atoms with van der Waals surface area (Å²) in [6.07, 6.45) is 0.376. The molecule has 7 nitrogen and oxygen atoms in total. The van der Waals surface area contributed by atoms with Gasteiger partial charge in [-0.3, -0.25) is 14.4 Å². The number of anilines is 1. The van der Waals surface area contributed by atoms with Crippen LogP contribution in [0.4, 0.5) is 14.5 Å². The highest BCUT2D eigenvalue weighted by molar-refractivity contribution is 6.39. The number of halogens is 2. The second kappa shape index (κ2) is 10.6. The summed E-state index contributed by atoms with van der Waals surface area (Å²) in [4.78, 5) is 37.9. The number of amides is 3. The summed E-state index contributed by atoms with van der Waals surface area (Å²) < 4.78 is 32.2. The molecule has 1 aliphatic rings. The number of hydrogen-bond donors (Lipinski definition) is 2. The highest BCUT2D eigenvalue weighted by Gasteiger charge is 2.25. The van der Waals surface area contributed by atoms with Crippen LogP contribution in [0.2, 0.25) is 0 Å². The van der Waals surface area contributed by atoms with Crippen molar-refractivity contribution in [3.63, 3.8) is 0 Å². The van der Waals surface area contributed by atoms with E-state index in [1.165, 1.54) is 0 Å². The molecule has 0 bridgehead atoms. The number of carbonyl (C=O) groups is 3. The van der Waals surface area contributed by atoms with Gasteiger partial charge < -0.3 is 20.3 Å². The molecule has 0 aliphatic carbocycles. The van der Waals surface area contributed by atoms with Crippen LogP contribution >= 0.6 is 0 Å². The van der Waals surface area contributed by atoms with E-state index in [-0.39, 0.29) is 30.7 Å². The molecule has 1 heterocycles. The van der Waals surface area contributed by atoms with Crippen molar-refractivity contribution in [3.05, 3.63) is 65.7 Å². The van der Waals surface area contributed by atoms with Crippen LogP contribution in [-0.2, 0) is 19.1 Å². The molecule has 2 aromatic rings. The standard InChI is InChI=1S/C22H23F2N3O4/c23-16-8-9-18(17(24)13-16)26-22(30)21(29)25-10-4-7-20(28)27-11-12-31-19(14-27)15-5-2-1-3-6-15/h1-3,5-6,8-9,13,19H,4,7,10-12,14H2,(H,25,29)(H,26,30). The molecule has 3 rings (SSSR count). The summed E-state index contributed by atoms with van der Waals surface area (Å²) in [6.45, 7) is 1.51. The first kappa shape index (κ1) is 22.4. The predicted octanol–water partition coefficient (Wildman–Crippen LogP) is 2.40. The van der Waals surface area contributed by atoms with E-state index in [9.17, 15) is 23.2 Å². The van der Waals surface area contributed by atoms with Crippen molar-refractivity contribution in [2.24, 2.45) is 0 Å². The van der Waals surface area contributed by atoms with Gasteiger partial charge in [-0.25, -0.2) is 8.78 Å². The third-order valence-electron chi connectivity index (χ3n) is 4.83. The van der Waals surface area contributed by atoms with Crippen molar-refractivity contribution < 1.29 is 27.9 Å². The van der Waals surface area contributed by atoms with Gasteiger partial charge in [0.05, 0.1) is 18.8 Å². The van der Waals surface area contributed by atoms with Gasteiger partial charge in [0.15, 0.2) is 0 Å². The molecule has 2 aromatic carbocycles. The van der Waals surface area contributed by atoms with Gasteiger partial charge in [0, 0.05) is 25.6 Å². The first-order valence-corrected chi connectivity index (χ1v) is 9.92. The summed E-state index contributed by atoms with van der Waals surface area (Å²) in [6, 6.07) is 12.3. The van der Waals surface area contributed by atoms with Gasteiger partial charge in [0.25, 0.3) is 0 Å². The lowest BCUT2D eigenvalue weighted by atomic mass is 10.1. The molecule has 1 aliphatic heterocycles. The third-order valence-corrected chi connectivity index (χ3v) is 4.83. The summed E-state index contributed by atoms with van der Waals surface area (Å²) in [5.74, 6) is -3.87. The van der Waals surface area contributed by atoms with Gasteiger partial charge >= 0.3 is 11.8 Å². The molecule has 9 heteroatoms. The Morgan fingerprint density at radius 2 is 1.84 bits per heavy atom. The van der Waals surface area contributed by atoms with Crippen molar-refractivity contribution in [1.82, 2.24) is 10.2 Å². The zero-order valence-electron chi connectivity index (χ0n) is 16.8. The SMILES string of the molecule is O=C(NCCCC(=O)N1CCOC(c2ccccc2)C1)C(=O)Nc1ccc(F)cc1F. The van der Waals surface area contributed by atoms with E-state index < -0.39 is 23.4 Å². The van der Waals surface area contributed by atoms with Crippen molar-refractivity contribution in [3.8, 4) is 0 Å². The molecule has 2 N–H and O–H groups in total. The molecule has 0 radical (unpaired) electrons. The minimum absolute atomic E-state index is 0.0590. The van der Waals surface area contributed by atoms with Crippen LogP contribution in [0.25, 0.3) is 0 Å². The van der Waals surface area contributed by atoms with Crippen LogP contribution in [0.3, 0.4) is 0 Å². The van der Waals surface area contributed by atoms with Gasteiger partial charge in [-0.1, -0.05) is 30.3 Å². The quantitative estimate of drug-likeness (QED) is 0.543. The lowest BCUT2D eigenvalue weighted by Crippen LogP contribution is -2.42. The summed E-state index contributed by atoms with van der Waals surface area (Å²) in [5, 5.41) is 4.46. The lowest BCUT2D eigenvalue weighted by molar-refractivity contribution is -0.139. The zero-order valence-corrected chi connectivity index (χ0v) is 16.8. The molecular weight excluding hydrogens is 408 g/mol. The third kappa shape index (κ3) is 6.32. The topological polar surface area (TPSA) is 87.7 Å². The van der Waals surface area contributed by atoms with Crippen molar-refractivity contribution in [2.45, 2.75) is 18.9 Å². The predicted molar refractivity (Wildman–Crippen MR) is 109 cm³/mol. The molecule has 1 atom stereocenters. The molecule has 1 saturated heterocycles.